The molecule has 0 spiro atoms. The molecule has 0 radical (unpaired) electrons. The Kier molecular flexibility index (Phi) is 5.13. The average molecular weight is 455 g/mol. The first-order valence-electron chi connectivity index (χ1n) is 11.5. The lowest BCUT2D eigenvalue weighted by atomic mass is 9.85. The van der Waals surface area contributed by atoms with Crippen LogP contribution >= 0.6 is 6.89 Å². The minimum Gasteiger partial charge on any atom is -0.289 e. The lowest BCUT2D eigenvalue weighted by Crippen LogP contribution is -2.34. The number of ketones is 1. The van der Waals surface area contributed by atoms with Crippen molar-refractivity contribution in [3.05, 3.63) is 162 Å². The summed E-state index contributed by atoms with van der Waals surface area (Å²) in [7, 11) is 0. The van der Waals surface area contributed by atoms with Gasteiger partial charge in [-0.25, -0.2) is 0 Å². The molecule has 0 aliphatic heterocycles. The Labute approximate surface area is 200 Å². The van der Waals surface area contributed by atoms with Crippen molar-refractivity contribution in [1.29, 1.82) is 0 Å². The van der Waals surface area contributed by atoms with Crippen molar-refractivity contribution in [2.75, 3.05) is 0 Å². The van der Waals surface area contributed by atoms with Gasteiger partial charge in [-0.1, -0.05) is 140 Å². The molecule has 0 N–H and O–H groups in total. The average Bonchev–Trinajstić information content (AvgIpc) is 2.93. The van der Waals surface area contributed by atoms with Gasteiger partial charge < -0.3 is 0 Å². The van der Waals surface area contributed by atoms with Crippen LogP contribution in [0.15, 0.2) is 140 Å². The van der Waals surface area contributed by atoms with Crippen LogP contribution in [0.3, 0.4) is 0 Å². The maximum absolute atomic E-state index is 13.6. The van der Waals surface area contributed by atoms with E-state index in [1.54, 1.807) is 0 Å². The van der Waals surface area contributed by atoms with Gasteiger partial charge in [-0.3, -0.25) is 4.79 Å². The van der Waals surface area contributed by atoms with E-state index in [-0.39, 0.29) is 5.78 Å². The molecular weight excluding hydrogens is 431 g/mol. The summed E-state index contributed by atoms with van der Waals surface area (Å²) in [5.41, 5.74) is 3.64. The van der Waals surface area contributed by atoms with Crippen molar-refractivity contribution in [3.8, 4) is 0 Å². The highest BCUT2D eigenvalue weighted by molar-refractivity contribution is 7.96. The summed E-state index contributed by atoms with van der Waals surface area (Å²) in [5.74, 6) is 0.0993. The van der Waals surface area contributed by atoms with E-state index in [4.69, 9.17) is 0 Å². The first-order valence-corrected chi connectivity index (χ1v) is 13.3. The maximum Gasteiger partial charge on any atom is 0.194 e. The van der Waals surface area contributed by atoms with Crippen molar-refractivity contribution < 1.29 is 4.79 Å². The molecule has 0 bridgehead atoms. The fourth-order valence-corrected chi connectivity index (χ4v) is 9.86. The minimum absolute atomic E-state index is 0.0993. The van der Waals surface area contributed by atoms with Gasteiger partial charge in [0, 0.05) is 16.4 Å². The molecule has 0 amide bonds. The van der Waals surface area contributed by atoms with Crippen LogP contribution in [0.5, 0.6) is 0 Å². The molecule has 0 fully saturated rings. The summed E-state index contributed by atoms with van der Waals surface area (Å²) in [6.45, 7) is -2.36. The highest BCUT2D eigenvalue weighted by Gasteiger charge is 2.36. The summed E-state index contributed by atoms with van der Waals surface area (Å²) in [5, 5.41) is 5.09. The Bertz CT molecular complexity index is 1400. The topological polar surface area (TPSA) is 17.1 Å². The third-order valence-electron chi connectivity index (χ3n) is 6.62. The smallest absolute Gasteiger partial charge is 0.194 e. The molecule has 1 aliphatic rings. The Hall–Kier alpha value is -3.93. The molecule has 0 saturated heterocycles. The molecule has 2 heteroatoms. The molecular formula is C32H23OP. The van der Waals surface area contributed by atoms with E-state index >= 15 is 0 Å². The van der Waals surface area contributed by atoms with E-state index < -0.39 is 6.89 Å². The molecule has 6 rings (SSSR count). The minimum atomic E-state index is -2.36. The van der Waals surface area contributed by atoms with Gasteiger partial charge in [0.05, 0.1) is 0 Å². The summed E-state index contributed by atoms with van der Waals surface area (Å²) < 4.78 is 0. The van der Waals surface area contributed by atoms with E-state index in [0.29, 0.717) is 0 Å². The Morgan fingerprint density at radius 3 is 1.00 bits per heavy atom. The zero-order chi connectivity index (χ0) is 23.0. The lowest BCUT2D eigenvalue weighted by Gasteiger charge is -2.36. The molecule has 34 heavy (non-hydrogen) atoms. The molecule has 0 saturated carbocycles. The zero-order valence-electron chi connectivity index (χ0n) is 18.6. The summed E-state index contributed by atoms with van der Waals surface area (Å²) in [6, 6.07) is 48.7. The predicted molar refractivity (Wildman–Crippen MR) is 145 cm³/mol. The molecule has 0 heterocycles. The van der Waals surface area contributed by atoms with Crippen molar-refractivity contribution in [3.63, 3.8) is 0 Å². The first-order chi connectivity index (χ1) is 16.8. The Balaban J connectivity index is 1.95. The molecule has 5 aromatic carbocycles. The van der Waals surface area contributed by atoms with Gasteiger partial charge >= 0.3 is 0 Å². The van der Waals surface area contributed by atoms with Gasteiger partial charge in [0.2, 0.25) is 0 Å². The van der Waals surface area contributed by atoms with E-state index in [2.05, 4.69) is 115 Å². The van der Waals surface area contributed by atoms with Crippen molar-refractivity contribution >= 4 is 33.9 Å². The first kappa shape index (κ1) is 20.7. The molecule has 1 nitrogen and oxygen atoms in total. The standard InChI is InChI=1S/C32H23OP/c33-31-27-20-10-12-22-29(27)32(30-23-13-11-21-28(30)31)34(24-14-4-1-5-15-24,25-16-6-2-7-17-25)26-18-8-3-9-19-26/h1-23H. The van der Waals surface area contributed by atoms with E-state index in [0.717, 1.165) is 22.3 Å². The number of hydrogen-bond acceptors (Lipinski definition) is 1. The van der Waals surface area contributed by atoms with E-state index in [1.165, 1.54) is 21.2 Å². The highest BCUT2D eigenvalue weighted by Crippen LogP contribution is 2.51. The van der Waals surface area contributed by atoms with Gasteiger partial charge in [0.15, 0.2) is 5.78 Å². The predicted octanol–water partition coefficient (Wildman–Crippen LogP) is 5.79. The van der Waals surface area contributed by atoms with Gasteiger partial charge in [0.1, 0.15) is 0 Å². The van der Waals surface area contributed by atoms with Crippen LogP contribution in [-0.2, 0) is 0 Å². The van der Waals surface area contributed by atoms with Crippen LogP contribution in [0.25, 0.3) is 0 Å². The third kappa shape index (κ3) is 3.05. The summed E-state index contributed by atoms with van der Waals surface area (Å²) >= 11 is 0. The van der Waals surface area contributed by atoms with Crippen LogP contribution in [0.4, 0.5) is 0 Å². The van der Waals surface area contributed by atoms with Crippen LogP contribution in [0.1, 0.15) is 27.0 Å². The number of carbonyl (C=O) groups is 1. The van der Waals surface area contributed by atoms with Crippen LogP contribution < -0.4 is 15.9 Å². The van der Waals surface area contributed by atoms with Crippen molar-refractivity contribution in [2.24, 2.45) is 0 Å². The zero-order valence-corrected chi connectivity index (χ0v) is 19.5. The van der Waals surface area contributed by atoms with Gasteiger partial charge in [-0.05, 0) is 33.9 Å². The second-order valence-corrected chi connectivity index (χ2v) is 11.8. The summed E-state index contributed by atoms with van der Waals surface area (Å²) in [6.07, 6.45) is 0. The summed E-state index contributed by atoms with van der Waals surface area (Å²) in [4.78, 5) is 13.6. The quantitative estimate of drug-likeness (QED) is 0.309. The molecule has 0 aromatic heterocycles. The fraction of sp³-hybridized carbons (Fsp3) is 0. The number of rotatable bonds is 3. The molecule has 5 aromatic rings. The third-order valence-corrected chi connectivity index (χ3v) is 11.0. The van der Waals surface area contributed by atoms with E-state index in [9.17, 15) is 4.79 Å². The number of benzene rings is 5. The van der Waals surface area contributed by atoms with Gasteiger partial charge in [0.25, 0.3) is 0 Å². The SMILES string of the molecule is O=C1c2ccccc2C(=P(c2ccccc2)(c2ccccc2)c2ccccc2)c2ccccc21. The second-order valence-electron chi connectivity index (χ2n) is 8.45. The van der Waals surface area contributed by atoms with Crippen molar-refractivity contribution in [1.82, 2.24) is 0 Å². The number of fused-ring (bicyclic) bond motifs is 2. The monoisotopic (exact) mass is 454 g/mol. The van der Waals surface area contributed by atoms with Crippen LogP contribution in [0.2, 0.25) is 0 Å². The Morgan fingerprint density at radius 2 is 0.647 bits per heavy atom. The van der Waals surface area contributed by atoms with Gasteiger partial charge in [-0.15, -0.1) is 0 Å². The molecule has 162 valence electrons. The fourth-order valence-electron chi connectivity index (χ4n) is 5.22. The highest BCUT2D eigenvalue weighted by atomic mass is 31.2. The van der Waals surface area contributed by atoms with Gasteiger partial charge in [-0.2, -0.15) is 0 Å². The Morgan fingerprint density at radius 1 is 0.353 bits per heavy atom. The normalized spacial score (nSPS) is 12.7. The van der Waals surface area contributed by atoms with E-state index in [1.807, 2.05) is 24.3 Å². The number of hydrogen-bond donors (Lipinski definition) is 0. The van der Waals surface area contributed by atoms with Crippen molar-refractivity contribution in [2.45, 2.75) is 0 Å². The maximum atomic E-state index is 13.6. The molecule has 1 aliphatic carbocycles. The lowest BCUT2D eigenvalue weighted by molar-refractivity contribution is 0.103. The van der Waals surface area contributed by atoms with Crippen LogP contribution in [0, 0.1) is 0 Å². The number of carbonyl (C=O) groups excluding carboxylic acids is 1. The molecule has 0 unspecified atom stereocenters. The van der Waals surface area contributed by atoms with Crippen LogP contribution in [-0.4, -0.2) is 11.1 Å². The molecule has 0 atom stereocenters. The second kappa shape index (κ2) is 8.45. The largest absolute Gasteiger partial charge is 0.289 e.